The van der Waals surface area contributed by atoms with Crippen LogP contribution in [0, 0.1) is 0 Å². The molecule has 2 heterocycles. The highest BCUT2D eigenvalue weighted by atomic mass is 79.9. The van der Waals surface area contributed by atoms with Gasteiger partial charge < -0.3 is 0 Å². The van der Waals surface area contributed by atoms with Gasteiger partial charge in [-0.25, -0.2) is 9.50 Å². The molecule has 3 nitrogen and oxygen atoms in total. The van der Waals surface area contributed by atoms with Crippen molar-refractivity contribution in [1.29, 1.82) is 0 Å². The summed E-state index contributed by atoms with van der Waals surface area (Å²) in [5, 5.41) is 4.22. The second kappa shape index (κ2) is 3.05. The third-order valence-electron chi connectivity index (χ3n) is 2.05. The Morgan fingerprint density at radius 2 is 2.07 bits per heavy atom. The second-order valence-electron chi connectivity index (χ2n) is 4.29. The molecule has 0 aromatic carbocycles. The molecule has 0 spiro atoms. The van der Waals surface area contributed by atoms with Crippen molar-refractivity contribution >= 4 is 21.6 Å². The Morgan fingerprint density at radius 3 is 2.64 bits per heavy atom. The average Bonchev–Trinajstić information content (AvgIpc) is 2.44. The number of rotatable bonds is 0. The molecule has 0 amide bonds. The molecule has 0 aliphatic rings. The van der Waals surface area contributed by atoms with Gasteiger partial charge in [0.1, 0.15) is 4.60 Å². The molecule has 74 valence electrons. The molecule has 0 aliphatic heterocycles. The topological polar surface area (TPSA) is 30.2 Å². The fourth-order valence-electron chi connectivity index (χ4n) is 1.34. The van der Waals surface area contributed by atoms with E-state index >= 15 is 0 Å². The summed E-state index contributed by atoms with van der Waals surface area (Å²) in [5.41, 5.74) is 1.95. The molecule has 0 aliphatic carbocycles. The number of imidazole rings is 1. The zero-order valence-corrected chi connectivity index (χ0v) is 10.0. The van der Waals surface area contributed by atoms with E-state index in [1.54, 1.807) is 10.7 Å². The van der Waals surface area contributed by atoms with Gasteiger partial charge in [-0.2, -0.15) is 5.10 Å². The van der Waals surface area contributed by atoms with Gasteiger partial charge in [0, 0.05) is 11.6 Å². The predicted molar refractivity (Wildman–Crippen MR) is 59.4 cm³/mol. The van der Waals surface area contributed by atoms with Crippen LogP contribution in [0.3, 0.4) is 0 Å². The lowest BCUT2D eigenvalue weighted by atomic mass is 9.93. The highest BCUT2D eigenvalue weighted by Gasteiger charge is 2.22. The van der Waals surface area contributed by atoms with Crippen molar-refractivity contribution < 1.29 is 0 Å². The van der Waals surface area contributed by atoms with Crippen LogP contribution >= 0.6 is 15.9 Å². The van der Waals surface area contributed by atoms with Crippen molar-refractivity contribution in [3.8, 4) is 0 Å². The van der Waals surface area contributed by atoms with Crippen LogP contribution in [0.4, 0.5) is 0 Å². The first kappa shape index (κ1) is 9.65. The van der Waals surface area contributed by atoms with Gasteiger partial charge in [0.05, 0.1) is 5.69 Å². The molecule has 0 atom stereocenters. The summed E-state index contributed by atoms with van der Waals surface area (Å²) in [7, 11) is 0. The number of fused-ring (bicyclic) bond motifs is 1. The summed E-state index contributed by atoms with van der Waals surface area (Å²) in [6, 6.07) is 3.84. The summed E-state index contributed by atoms with van der Waals surface area (Å²) in [6.45, 7) is 6.42. The van der Waals surface area contributed by atoms with Crippen LogP contribution in [0.25, 0.3) is 5.65 Å². The molecular formula is C10H12BrN3. The molecule has 0 N–H and O–H groups in total. The van der Waals surface area contributed by atoms with Crippen molar-refractivity contribution in [3.63, 3.8) is 0 Å². The van der Waals surface area contributed by atoms with Gasteiger partial charge >= 0.3 is 0 Å². The summed E-state index contributed by atoms with van der Waals surface area (Å²) >= 11 is 3.53. The van der Waals surface area contributed by atoms with E-state index in [1.807, 2.05) is 12.1 Å². The van der Waals surface area contributed by atoms with Crippen LogP contribution < -0.4 is 0 Å². The first-order chi connectivity index (χ1) is 6.50. The van der Waals surface area contributed by atoms with Crippen molar-refractivity contribution in [2.24, 2.45) is 0 Å². The van der Waals surface area contributed by atoms with Gasteiger partial charge in [0.15, 0.2) is 5.65 Å². The lowest BCUT2D eigenvalue weighted by Crippen LogP contribution is -2.12. The summed E-state index contributed by atoms with van der Waals surface area (Å²) < 4.78 is 2.75. The minimum absolute atomic E-state index is 0.0343. The summed E-state index contributed by atoms with van der Waals surface area (Å²) in [4.78, 5) is 4.54. The smallest absolute Gasteiger partial charge is 0.155 e. The number of hydrogen-bond acceptors (Lipinski definition) is 2. The Balaban J connectivity index is 2.75. The molecule has 2 aromatic heterocycles. The number of aromatic nitrogens is 3. The SMILES string of the molecule is CC(C)(C)c1nc2cccnn2c1Br. The van der Waals surface area contributed by atoms with Gasteiger partial charge in [0.2, 0.25) is 0 Å². The summed E-state index contributed by atoms with van der Waals surface area (Å²) in [5.74, 6) is 0. The maximum atomic E-state index is 4.54. The van der Waals surface area contributed by atoms with Gasteiger partial charge in [-0.05, 0) is 28.1 Å². The zero-order chi connectivity index (χ0) is 10.3. The van der Waals surface area contributed by atoms with Gasteiger partial charge in [-0.3, -0.25) is 0 Å². The minimum Gasteiger partial charge on any atom is -0.230 e. The molecule has 0 fully saturated rings. The molecule has 14 heavy (non-hydrogen) atoms. The minimum atomic E-state index is 0.0343. The molecule has 2 rings (SSSR count). The highest BCUT2D eigenvalue weighted by molar-refractivity contribution is 9.10. The highest BCUT2D eigenvalue weighted by Crippen LogP contribution is 2.28. The van der Waals surface area contributed by atoms with E-state index < -0.39 is 0 Å². The van der Waals surface area contributed by atoms with E-state index in [-0.39, 0.29) is 5.41 Å². The summed E-state index contributed by atoms with van der Waals surface area (Å²) in [6.07, 6.45) is 1.76. The average molecular weight is 254 g/mol. The Labute approximate surface area is 91.3 Å². The third kappa shape index (κ3) is 1.43. The predicted octanol–water partition coefficient (Wildman–Crippen LogP) is 2.79. The van der Waals surface area contributed by atoms with E-state index in [0.717, 1.165) is 15.9 Å². The molecule has 0 saturated carbocycles. The quantitative estimate of drug-likeness (QED) is 0.723. The monoisotopic (exact) mass is 253 g/mol. The van der Waals surface area contributed by atoms with Crippen LogP contribution in [-0.4, -0.2) is 14.6 Å². The maximum absolute atomic E-state index is 4.54. The van der Waals surface area contributed by atoms with Crippen LogP contribution in [0.15, 0.2) is 22.9 Å². The molecule has 0 saturated heterocycles. The number of nitrogens with zero attached hydrogens (tertiary/aromatic N) is 3. The van der Waals surface area contributed by atoms with Crippen LogP contribution in [0.1, 0.15) is 26.5 Å². The fourth-order valence-corrected chi connectivity index (χ4v) is 2.29. The largest absolute Gasteiger partial charge is 0.230 e. The molecule has 0 radical (unpaired) electrons. The normalized spacial score (nSPS) is 12.3. The van der Waals surface area contributed by atoms with E-state index in [4.69, 9.17) is 0 Å². The second-order valence-corrected chi connectivity index (χ2v) is 5.05. The number of hydrogen-bond donors (Lipinski definition) is 0. The van der Waals surface area contributed by atoms with E-state index in [1.165, 1.54) is 0 Å². The zero-order valence-electron chi connectivity index (χ0n) is 8.45. The van der Waals surface area contributed by atoms with Crippen LogP contribution in [0.2, 0.25) is 0 Å². The van der Waals surface area contributed by atoms with Crippen molar-refractivity contribution in [3.05, 3.63) is 28.6 Å². The van der Waals surface area contributed by atoms with Crippen LogP contribution in [-0.2, 0) is 5.41 Å². The van der Waals surface area contributed by atoms with E-state index in [9.17, 15) is 0 Å². The van der Waals surface area contributed by atoms with Crippen molar-refractivity contribution in [2.75, 3.05) is 0 Å². The Kier molecular flexibility index (Phi) is 2.10. The lowest BCUT2D eigenvalue weighted by molar-refractivity contribution is 0.568. The van der Waals surface area contributed by atoms with Gasteiger partial charge in [0.25, 0.3) is 0 Å². The fraction of sp³-hybridized carbons (Fsp3) is 0.400. The Hall–Kier alpha value is -0.900. The van der Waals surface area contributed by atoms with Gasteiger partial charge in [-0.15, -0.1) is 0 Å². The van der Waals surface area contributed by atoms with Gasteiger partial charge in [-0.1, -0.05) is 20.8 Å². The third-order valence-corrected chi connectivity index (χ3v) is 2.76. The molecule has 0 bridgehead atoms. The van der Waals surface area contributed by atoms with Crippen molar-refractivity contribution in [1.82, 2.24) is 14.6 Å². The Morgan fingerprint density at radius 1 is 1.36 bits per heavy atom. The molecule has 0 unspecified atom stereocenters. The number of halogens is 1. The molecule has 2 aromatic rings. The van der Waals surface area contributed by atoms with E-state index in [2.05, 4.69) is 46.8 Å². The van der Waals surface area contributed by atoms with E-state index in [0.29, 0.717) is 0 Å². The first-order valence-corrected chi connectivity index (χ1v) is 5.29. The molecular weight excluding hydrogens is 242 g/mol. The van der Waals surface area contributed by atoms with Crippen molar-refractivity contribution in [2.45, 2.75) is 26.2 Å². The molecule has 4 heteroatoms. The standard InChI is InChI=1S/C10H12BrN3/c1-10(2,3)8-9(11)14-7(13-8)5-4-6-12-14/h4-6H,1-3H3. The lowest BCUT2D eigenvalue weighted by Gasteiger charge is -2.15. The maximum Gasteiger partial charge on any atom is 0.155 e. The van der Waals surface area contributed by atoms with Crippen LogP contribution in [0.5, 0.6) is 0 Å². The first-order valence-electron chi connectivity index (χ1n) is 4.50. The Bertz CT molecular complexity index is 468.